The number of fused-ring (bicyclic) bond motifs is 1. The second kappa shape index (κ2) is 6.65. The predicted octanol–water partition coefficient (Wildman–Crippen LogP) is 4.78. The van der Waals surface area contributed by atoms with Crippen molar-refractivity contribution in [3.05, 3.63) is 34.2 Å². The highest BCUT2D eigenvalue weighted by Crippen LogP contribution is 2.38. The van der Waals surface area contributed by atoms with Crippen LogP contribution in [0.4, 0.5) is 17.6 Å². The van der Waals surface area contributed by atoms with Gasteiger partial charge >= 0.3 is 6.18 Å². The maximum atomic E-state index is 13.9. The molecule has 0 aliphatic heterocycles. The lowest BCUT2D eigenvalue weighted by molar-refractivity contribution is -0.148. The number of halogens is 5. The first kappa shape index (κ1) is 19.2. The summed E-state index contributed by atoms with van der Waals surface area (Å²) in [4.78, 5) is 0. The molecule has 0 amide bonds. The van der Waals surface area contributed by atoms with Crippen LogP contribution in [0.5, 0.6) is 0 Å². The second-order valence-corrected chi connectivity index (χ2v) is 7.47. The van der Waals surface area contributed by atoms with Crippen molar-refractivity contribution in [2.75, 3.05) is 13.7 Å². The maximum absolute atomic E-state index is 13.9. The van der Waals surface area contributed by atoms with Gasteiger partial charge in [-0.3, -0.25) is 0 Å². The molecule has 1 heterocycles. The molecule has 24 heavy (non-hydrogen) atoms. The van der Waals surface area contributed by atoms with Gasteiger partial charge in [0.15, 0.2) is 0 Å². The first-order valence-corrected chi connectivity index (χ1v) is 8.04. The van der Waals surface area contributed by atoms with Crippen LogP contribution in [0.1, 0.15) is 25.5 Å². The lowest BCUT2D eigenvalue weighted by atomic mass is 9.95. The van der Waals surface area contributed by atoms with Crippen LogP contribution in [0.3, 0.4) is 0 Å². The Morgan fingerprint density at radius 2 is 1.92 bits per heavy atom. The van der Waals surface area contributed by atoms with Crippen LogP contribution in [0.25, 0.3) is 10.9 Å². The molecule has 0 aliphatic rings. The van der Waals surface area contributed by atoms with Gasteiger partial charge in [0, 0.05) is 41.7 Å². The monoisotopic (exact) mass is 410 g/mol. The van der Waals surface area contributed by atoms with Crippen LogP contribution in [0.2, 0.25) is 0 Å². The van der Waals surface area contributed by atoms with Crippen LogP contribution in [-0.4, -0.2) is 24.5 Å². The largest absolute Gasteiger partial charge is 0.407 e. The average molecular weight is 411 g/mol. The van der Waals surface area contributed by atoms with Crippen molar-refractivity contribution < 1.29 is 22.3 Å². The summed E-state index contributed by atoms with van der Waals surface area (Å²) in [6.07, 6.45) is -3.25. The zero-order valence-corrected chi connectivity index (χ0v) is 15.1. The Labute approximate surface area is 145 Å². The highest BCUT2D eigenvalue weighted by Gasteiger charge is 2.39. The summed E-state index contributed by atoms with van der Waals surface area (Å²) < 4.78 is 60.0. The van der Waals surface area contributed by atoms with Gasteiger partial charge in [0.25, 0.3) is 0 Å². The van der Waals surface area contributed by atoms with E-state index in [0.29, 0.717) is 18.7 Å². The van der Waals surface area contributed by atoms with E-state index >= 15 is 0 Å². The lowest BCUT2D eigenvalue weighted by Crippen LogP contribution is -2.28. The number of methoxy groups -OCH3 is 1. The fourth-order valence-corrected chi connectivity index (χ4v) is 3.10. The van der Waals surface area contributed by atoms with Gasteiger partial charge in [0.05, 0.1) is 11.1 Å². The standard InChI is InChI=1S/C16H19BrF4N2O/c1-15(2,8-24-3)7-23-6-10(14(22)16(19,20)21)9-4-12(18)11(17)5-13(9)23/h4-6,14H,7-8,22H2,1-3H3/t14-/m0/s1. The minimum Gasteiger partial charge on any atom is -0.384 e. The van der Waals surface area contributed by atoms with E-state index in [1.165, 1.54) is 12.3 Å². The van der Waals surface area contributed by atoms with Gasteiger partial charge in [0.1, 0.15) is 11.9 Å². The summed E-state index contributed by atoms with van der Waals surface area (Å²) in [5.41, 5.74) is 5.39. The van der Waals surface area contributed by atoms with Crippen LogP contribution in [0.15, 0.2) is 22.8 Å². The van der Waals surface area contributed by atoms with Crippen LogP contribution in [0, 0.1) is 11.2 Å². The lowest BCUT2D eigenvalue weighted by Gasteiger charge is -2.24. The Morgan fingerprint density at radius 3 is 2.46 bits per heavy atom. The summed E-state index contributed by atoms with van der Waals surface area (Å²) in [5.74, 6) is -0.632. The molecule has 0 unspecified atom stereocenters. The third-order valence-electron chi connectivity index (χ3n) is 3.78. The van der Waals surface area contributed by atoms with Crippen LogP contribution in [-0.2, 0) is 11.3 Å². The van der Waals surface area contributed by atoms with Crippen molar-refractivity contribution in [1.82, 2.24) is 4.57 Å². The Balaban J connectivity index is 2.62. The minimum absolute atomic E-state index is 0.142. The molecule has 0 bridgehead atoms. The molecule has 2 rings (SSSR count). The van der Waals surface area contributed by atoms with Crippen LogP contribution >= 0.6 is 15.9 Å². The van der Waals surface area contributed by atoms with Crippen molar-refractivity contribution in [2.24, 2.45) is 11.1 Å². The number of rotatable bonds is 5. The number of alkyl halides is 3. The molecule has 1 atom stereocenters. The topological polar surface area (TPSA) is 40.2 Å². The molecule has 8 heteroatoms. The molecule has 0 aliphatic carbocycles. The Kier molecular flexibility index (Phi) is 5.32. The van der Waals surface area contributed by atoms with Gasteiger partial charge in [-0.1, -0.05) is 13.8 Å². The average Bonchev–Trinajstić information content (AvgIpc) is 2.75. The van der Waals surface area contributed by atoms with Crippen molar-refractivity contribution in [3.8, 4) is 0 Å². The zero-order valence-electron chi connectivity index (χ0n) is 13.5. The molecule has 1 aromatic heterocycles. The number of benzene rings is 1. The second-order valence-electron chi connectivity index (χ2n) is 6.61. The van der Waals surface area contributed by atoms with Gasteiger partial charge in [-0.2, -0.15) is 13.2 Å². The quantitative estimate of drug-likeness (QED) is 0.720. The van der Waals surface area contributed by atoms with Gasteiger partial charge in [-0.15, -0.1) is 0 Å². The van der Waals surface area contributed by atoms with Crippen LogP contribution < -0.4 is 5.73 Å². The van der Waals surface area contributed by atoms with Crippen molar-refractivity contribution in [2.45, 2.75) is 32.6 Å². The molecular weight excluding hydrogens is 392 g/mol. The first-order chi connectivity index (χ1) is 11.0. The Bertz CT molecular complexity index is 740. The molecule has 0 spiro atoms. The first-order valence-electron chi connectivity index (χ1n) is 7.25. The van der Waals surface area contributed by atoms with E-state index in [-0.39, 0.29) is 20.8 Å². The summed E-state index contributed by atoms with van der Waals surface area (Å²) in [6, 6.07) is 0.382. The minimum atomic E-state index is -4.61. The normalized spacial score (nSPS) is 14.4. The fraction of sp³-hybridized carbons (Fsp3) is 0.500. The third-order valence-corrected chi connectivity index (χ3v) is 4.38. The predicted molar refractivity (Wildman–Crippen MR) is 88.2 cm³/mol. The molecule has 3 nitrogen and oxygen atoms in total. The van der Waals surface area contributed by atoms with Gasteiger partial charge in [0.2, 0.25) is 0 Å². The number of hydrogen-bond donors (Lipinski definition) is 1. The number of aromatic nitrogens is 1. The van der Waals surface area contributed by atoms with Crippen molar-refractivity contribution in [3.63, 3.8) is 0 Å². The van der Waals surface area contributed by atoms with E-state index in [0.717, 1.165) is 6.07 Å². The SMILES string of the molecule is COCC(C)(C)Cn1cc([C@H](N)C(F)(F)F)c2cc(F)c(Br)cc21. The molecular formula is C16H19BrF4N2O. The molecule has 0 fully saturated rings. The fourth-order valence-electron chi connectivity index (χ4n) is 2.76. The molecule has 134 valence electrons. The maximum Gasteiger partial charge on any atom is 0.407 e. The number of ether oxygens (including phenoxy) is 1. The number of nitrogens with two attached hydrogens (primary N) is 1. The van der Waals surface area contributed by atoms with E-state index < -0.39 is 18.0 Å². The number of nitrogens with zero attached hydrogens (tertiary/aromatic N) is 1. The van der Waals surface area contributed by atoms with Crippen molar-refractivity contribution in [1.29, 1.82) is 0 Å². The third kappa shape index (κ3) is 3.92. The molecule has 0 saturated heterocycles. The summed E-state index contributed by atoms with van der Waals surface area (Å²) in [6.45, 7) is 4.70. The summed E-state index contributed by atoms with van der Waals surface area (Å²) in [7, 11) is 1.56. The zero-order chi connectivity index (χ0) is 18.3. The van der Waals surface area contributed by atoms with E-state index in [1.54, 1.807) is 11.7 Å². The molecule has 2 aromatic rings. The van der Waals surface area contributed by atoms with Gasteiger partial charge in [-0.05, 0) is 28.1 Å². The van der Waals surface area contributed by atoms with E-state index in [4.69, 9.17) is 10.5 Å². The number of hydrogen-bond acceptors (Lipinski definition) is 2. The summed E-state index contributed by atoms with van der Waals surface area (Å²) in [5, 5.41) is 0.161. The molecule has 1 aromatic carbocycles. The van der Waals surface area contributed by atoms with Crippen molar-refractivity contribution >= 4 is 26.8 Å². The molecule has 0 saturated carbocycles. The smallest absolute Gasteiger partial charge is 0.384 e. The highest BCUT2D eigenvalue weighted by atomic mass is 79.9. The summed E-state index contributed by atoms with van der Waals surface area (Å²) >= 11 is 3.08. The van der Waals surface area contributed by atoms with Gasteiger partial charge in [-0.25, -0.2) is 4.39 Å². The van der Waals surface area contributed by atoms with E-state index in [9.17, 15) is 17.6 Å². The Morgan fingerprint density at radius 1 is 1.29 bits per heavy atom. The van der Waals surface area contributed by atoms with E-state index in [2.05, 4.69) is 15.9 Å². The van der Waals surface area contributed by atoms with Gasteiger partial charge < -0.3 is 15.0 Å². The Hall–Kier alpha value is -1.12. The highest BCUT2D eigenvalue weighted by molar-refractivity contribution is 9.10. The van der Waals surface area contributed by atoms with E-state index in [1.807, 2.05) is 13.8 Å². The molecule has 0 radical (unpaired) electrons. The molecule has 2 N–H and O–H groups in total.